The molecule has 0 radical (unpaired) electrons. The van der Waals surface area contributed by atoms with Crippen molar-refractivity contribution in [2.24, 2.45) is 10.1 Å². The van der Waals surface area contributed by atoms with Crippen molar-refractivity contribution < 1.29 is 8.42 Å². The van der Waals surface area contributed by atoms with E-state index in [1.165, 1.54) is 6.08 Å². The molecule has 0 aliphatic carbocycles. The van der Waals surface area contributed by atoms with E-state index in [1.807, 2.05) is 0 Å². The molecule has 1 aliphatic rings. The monoisotopic (exact) mass is 400 g/mol. The van der Waals surface area contributed by atoms with Crippen molar-refractivity contribution in [1.82, 2.24) is 10.2 Å². The summed E-state index contributed by atoms with van der Waals surface area (Å²) in [6, 6.07) is 1.01. The van der Waals surface area contributed by atoms with Gasteiger partial charge in [0, 0.05) is 6.07 Å². The van der Waals surface area contributed by atoms with E-state index >= 15 is 0 Å². The lowest BCUT2D eigenvalue weighted by Gasteiger charge is -2.28. The van der Waals surface area contributed by atoms with Crippen molar-refractivity contribution in [3.8, 4) is 0 Å². The molecule has 1 aromatic heterocycles. The molecule has 0 spiro atoms. The number of dihydropyridines is 1. The molecule has 108 valence electrons. The summed E-state index contributed by atoms with van der Waals surface area (Å²) < 4.78 is 22.2. The summed E-state index contributed by atoms with van der Waals surface area (Å²) in [7, 11) is -4.23. The Balaban J connectivity index is 2.78. The average molecular weight is 402 g/mol. The molecule has 0 saturated carbocycles. The fourth-order valence-corrected chi connectivity index (χ4v) is 3.57. The molecule has 1 unspecified atom stereocenters. The highest BCUT2D eigenvalue weighted by atomic mass is 79.9. The van der Waals surface area contributed by atoms with Gasteiger partial charge in [-0.1, -0.05) is 23.2 Å². The van der Waals surface area contributed by atoms with Crippen LogP contribution in [0.2, 0.25) is 5.15 Å². The molecule has 1 aromatic rings. The number of hydrogen-bond acceptors (Lipinski definition) is 5. The van der Waals surface area contributed by atoms with E-state index in [9.17, 15) is 13.2 Å². The van der Waals surface area contributed by atoms with Gasteiger partial charge in [0.05, 0.1) is 11.0 Å². The van der Waals surface area contributed by atoms with E-state index in [4.69, 9.17) is 28.3 Å². The van der Waals surface area contributed by atoms with Crippen LogP contribution in [0.5, 0.6) is 0 Å². The molecule has 0 saturated heterocycles. The first kappa shape index (κ1) is 15.6. The third kappa shape index (κ3) is 2.56. The van der Waals surface area contributed by atoms with Gasteiger partial charge in [-0.25, -0.2) is 13.6 Å². The molecule has 3 N–H and O–H groups in total. The van der Waals surface area contributed by atoms with E-state index in [2.05, 4.69) is 31.1 Å². The van der Waals surface area contributed by atoms with Crippen molar-refractivity contribution in [2.75, 3.05) is 6.54 Å². The number of halogens is 3. The molecule has 11 heteroatoms. The van der Waals surface area contributed by atoms with Crippen LogP contribution in [-0.4, -0.2) is 30.3 Å². The van der Waals surface area contributed by atoms with Crippen molar-refractivity contribution in [3.63, 3.8) is 0 Å². The van der Waals surface area contributed by atoms with Gasteiger partial charge < -0.3 is 0 Å². The zero-order chi connectivity index (χ0) is 15.1. The summed E-state index contributed by atoms with van der Waals surface area (Å²) in [5.74, 6) is 0. The van der Waals surface area contributed by atoms with Crippen LogP contribution in [-0.2, 0) is 14.8 Å². The summed E-state index contributed by atoms with van der Waals surface area (Å²) >= 11 is 14.4. The van der Waals surface area contributed by atoms with E-state index in [1.54, 1.807) is 0 Å². The summed E-state index contributed by atoms with van der Waals surface area (Å²) in [5.41, 5.74) is -0.998. The Kier molecular flexibility index (Phi) is 4.09. The maximum atomic E-state index is 12.0. The van der Waals surface area contributed by atoms with Gasteiger partial charge in [-0.2, -0.15) is 5.10 Å². The highest BCUT2D eigenvalue weighted by Gasteiger charge is 2.47. The van der Waals surface area contributed by atoms with Crippen LogP contribution in [0.15, 0.2) is 26.4 Å². The summed E-state index contributed by atoms with van der Waals surface area (Å²) in [5, 5.41) is 11.3. The van der Waals surface area contributed by atoms with Gasteiger partial charge in [0.15, 0.2) is 4.75 Å². The second kappa shape index (κ2) is 5.23. The second-order valence-corrected chi connectivity index (χ2v) is 7.40. The number of nitrogens with zero attached hydrogens (tertiary/aromatic N) is 2. The van der Waals surface area contributed by atoms with E-state index in [0.717, 1.165) is 6.07 Å². The van der Waals surface area contributed by atoms with Gasteiger partial charge in [-0.3, -0.25) is 14.9 Å². The first-order chi connectivity index (χ1) is 9.17. The Morgan fingerprint density at radius 1 is 1.45 bits per heavy atom. The smallest absolute Gasteiger partial charge is 0.226 e. The SMILES string of the molecule is NS(=O)(=O)C1(c2n[nH]c(Cl)cc2=O)C=C(Br)C(Cl)=NC1. The quantitative estimate of drug-likeness (QED) is 0.762. The van der Waals surface area contributed by atoms with Gasteiger partial charge in [0.25, 0.3) is 0 Å². The molecule has 0 fully saturated rings. The molecular formula is C9H7BrCl2N4O3S. The lowest BCUT2D eigenvalue weighted by atomic mass is 10.0. The van der Waals surface area contributed by atoms with Crippen LogP contribution in [0.4, 0.5) is 0 Å². The van der Waals surface area contributed by atoms with Crippen LogP contribution in [0.3, 0.4) is 0 Å². The molecule has 7 nitrogen and oxygen atoms in total. The third-order valence-electron chi connectivity index (χ3n) is 2.68. The van der Waals surface area contributed by atoms with Crippen LogP contribution in [0, 0.1) is 0 Å². The van der Waals surface area contributed by atoms with Crippen molar-refractivity contribution in [2.45, 2.75) is 4.75 Å². The minimum absolute atomic E-state index is 0.0243. The Hall–Kier alpha value is -0.740. The molecule has 0 aromatic carbocycles. The zero-order valence-corrected chi connectivity index (χ0v) is 13.5. The summed E-state index contributed by atoms with van der Waals surface area (Å²) in [4.78, 5) is 15.8. The summed E-state index contributed by atoms with van der Waals surface area (Å²) in [6.07, 6.45) is 1.20. The van der Waals surface area contributed by atoms with Crippen molar-refractivity contribution in [1.29, 1.82) is 0 Å². The second-order valence-electron chi connectivity index (χ2n) is 3.96. The average Bonchev–Trinajstić information content (AvgIpc) is 2.31. The minimum atomic E-state index is -4.23. The number of aromatic amines is 1. The van der Waals surface area contributed by atoms with Crippen LogP contribution >= 0.6 is 39.1 Å². The molecule has 2 rings (SSSR count). The Labute approximate surface area is 132 Å². The number of sulfonamides is 1. The first-order valence-electron chi connectivity index (χ1n) is 5.04. The van der Waals surface area contributed by atoms with Crippen LogP contribution < -0.4 is 10.6 Å². The van der Waals surface area contributed by atoms with Gasteiger partial charge in [-0.15, -0.1) is 0 Å². The minimum Gasteiger partial charge on any atom is -0.288 e. The van der Waals surface area contributed by atoms with Gasteiger partial charge in [0.1, 0.15) is 16.0 Å². The topological polar surface area (TPSA) is 118 Å². The van der Waals surface area contributed by atoms with Gasteiger partial charge >= 0.3 is 0 Å². The summed E-state index contributed by atoms with van der Waals surface area (Å²) in [6.45, 7) is -0.350. The Morgan fingerprint density at radius 3 is 2.60 bits per heavy atom. The largest absolute Gasteiger partial charge is 0.288 e. The van der Waals surface area contributed by atoms with E-state index < -0.39 is 20.2 Å². The third-order valence-corrected chi connectivity index (χ3v) is 5.49. The number of primary sulfonamides is 1. The maximum Gasteiger partial charge on any atom is 0.226 e. The standard InChI is InChI=1S/C9H7BrCl2N4O3S/c10-4-2-9(20(13,18)19,3-14-8(4)12)7-5(17)1-6(11)15-16-7/h1-2H,3H2,(H,15,17)(H2,13,18,19). The molecule has 20 heavy (non-hydrogen) atoms. The first-order valence-corrected chi connectivity index (χ1v) is 8.13. The molecular weight excluding hydrogens is 395 g/mol. The Morgan fingerprint density at radius 2 is 2.10 bits per heavy atom. The zero-order valence-electron chi connectivity index (χ0n) is 9.60. The molecule has 2 heterocycles. The molecule has 0 amide bonds. The lowest BCUT2D eigenvalue weighted by molar-refractivity contribution is 0.552. The van der Waals surface area contributed by atoms with Crippen molar-refractivity contribution in [3.05, 3.63) is 37.7 Å². The fourth-order valence-electron chi connectivity index (χ4n) is 1.71. The van der Waals surface area contributed by atoms with Gasteiger partial charge in [-0.05, 0) is 22.0 Å². The number of aromatic nitrogens is 2. The van der Waals surface area contributed by atoms with Crippen LogP contribution in [0.25, 0.3) is 0 Å². The Bertz CT molecular complexity index is 789. The number of allylic oxidation sites excluding steroid dienone is 1. The van der Waals surface area contributed by atoms with E-state index in [-0.39, 0.29) is 27.0 Å². The number of nitrogens with two attached hydrogens (primary N) is 1. The van der Waals surface area contributed by atoms with Crippen molar-refractivity contribution >= 4 is 54.3 Å². The number of rotatable bonds is 2. The maximum absolute atomic E-state index is 12.0. The highest BCUT2D eigenvalue weighted by Crippen LogP contribution is 2.34. The predicted molar refractivity (Wildman–Crippen MR) is 79.8 cm³/mol. The molecule has 1 aliphatic heterocycles. The fraction of sp³-hybridized carbons (Fsp3) is 0.222. The normalized spacial score (nSPS) is 23.2. The number of aliphatic imine (C=N–C) groups is 1. The highest BCUT2D eigenvalue weighted by molar-refractivity contribution is 9.12. The van der Waals surface area contributed by atoms with Crippen LogP contribution in [0.1, 0.15) is 5.69 Å². The molecule has 1 atom stereocenters. The predicted octanol–water partition coefficient (Wildman–Crippen LogP) is 0.837. The number of hydrogen-bond donors (Lipinski definition) is 2. The van der Waals surface area contributed by atoms with E-state index in [0.29, 0.717) is 0 Å². The number of H-pyrrole nitrogens is 1. The lowest BCUT2D eigenvalue weighted by Crippen LogP contribution is -2.47. The number of nitrogens with one attached hydrogen (secondary N) is 1. The molecule has 0 bridgehead atoms. The van der Waals surface area contributed by atoms with Gasteiger partial charge in [0.2, 0.25) is 15.5 Å².